The lowest BCUT2D eigenvalue weighted by Crippen LogP contribution is -2.09. The predicted molar refractivity (Wildman–Crippen MR) is 77.2 cm³/mol. The second-order valence-corrected chi connectivity index (χ2v) is 5.58. The Balaban J connectivity index is 1.68. The SMILES string of the molecule is ClCC(CCCC1CCCO1)Cc1ccccc1. The van der Waals surface area contributed by atoms with Crippen molar-refractivity contribution in [2.24, 2.45) is 5.92 Å². The van der Waals surface area contributed by atoms with Crippen molar-refractivity contribution in [3.8, 4) is 0 Å². The van der Waals surface area contributed by atoms with E-state index in [0.717, 1.165) is 18.9 Å². The summed E-state index contributed by atoms with van der Waals surface area (Å²) in [5, 5.41) is 0. The second kappa shape index (κ2) is 7.81. The standard InChI is InChI=1S/C16H23ClO/c17-13-15(12-14-6-2-1-3-7-14)8-4-9-16-10-5-11-18-16/h1-3,6-7,15-16H,4-5,8-13H2. The van der Waals surface area contributed by atoms with Gasteiger partial charge < -0.3 is 4.74 Å². The van der Waals surface area contributed by atoms with Crippen LogP contribution in [0, 0.1) is 5.92 Å². The number of rotatable bonds is 7. The molecule has 0 aromatic heterocycles. The van der Waals surface area contributed by atoms with Gasteiger partial charge in [-0.25, -0.2) is 0 Å². The zero-order chi connectivity index (χ0) is 12.6. The zero-order valence-corrected chi connectivity index (χ0v) is 11.7. The van der Waals surface area contributed by atoms with E-state index in [1.165, 1.54) is 37.7 Å². The lowest BCUT2D eigenvalue weighted by molar-refractivity contribution is 0.101. The van der Waals surface area contributed by atoms with Gasteiger partial charge in [0.1, 0.15) is 0 Å². The van der Waals surface area contributed by atoms with E-state index in [1.807, 2.05) is 0 Å². The van der Waals surface area contributed by atoms with Crippen molar-refractivity contribution in [1.82, 2.24) is 0 Å². The minimum absolute atomic E-state index is 0.526. The minimum Gasteiger partial charge on any atom is -0.378 e. The fourth-order valence-electron chi connectivity index (χ4n) is 2.69. The monoisotopic (exact) mass is 266 g/mol. The minimum atomic E-state index is 0.526. The van der Waals surface area contributed by atoms with E-state index in [2.05, 4.69) is 30.3 Å². The molecule has 1 nitrogen and oxygen atoms in total. The van der Waals surface area contributed by atoms with E-state index < -0.39 is 0 Å². The number of hydrogen-bond donors (Lipinski definition) is 0. The van der Waals surface area contributed by atoms with Gasteiger partial charge in [0.15, 0.2) is 0 Å². The van der Waals surface area contributed by atoms with E-state index in [1.54, 1.807) is 0 Å². The average molecular weight is 267 g/mol. The Morgan fingerprint density at radius 3 is 2.78 bits per heavy atom. The van der Waals surface area contributed by atoms with Gasteiger partial charge in [-0.3, -0.25) is 0 Å². The lowest BCUT2D eigenvalue weighted by Gasteiger charge is -2.15. The Hall–Kier alpha value is -0.530. The molecular weight excluding hydrogens is 244 g/mol. The first-order valence-electron chi connectivity index (χ1n) is 7.10. The first-order chi connectivity index (χ1) is 8.88. The molecule has 0 N–H and O–H groups in total. The third kappa shape index (κ3) is 4.62. The largest absolute Gasteiger partial charge is 0.378 e. The van der Waals surface area contributed by atoms with Gasteiger partial charge in [0, 0.05) is 12.5 Å². The molecule has 0 saturated carbocycles. The summed E-state index contributed by atoms with van der Waals surface area (Å²) in [6.45, 7) is 0.966. The highest BCUT2D eigenvalue weighted by atomic mass is 35.5. The highest BCUT2D eigenvalue weighted by molar-refractivity contribution is 6.18. The van der Waals surface area contributed by atoms with E-state index in [-0.39, 0.29) is 0 Å². The van der Waals surface area contributed by atoms with Gasteiger partial charge in [-0.1, -0.05) is 36.8 Å². The maximum atomic E-state index is 6.08. The van der Waals surface area contributed by atoms with Crippen molar-refractivity contribution in [3.63, 3.8) is 0 Å². The summed E-state index contributed by atoms with van der Waals surface area (Å²) in [5.74, 6) is 1.37. The molecule has 2 rings (SSSR count). The Kier molecular flexibility index (Phi) is 6.02. The summed E-state index contributed by atoms with van der Waals surface area (Å²) in [5.41, 5.74) is 1.40. The van der Waals surface area contributed by atoms with Crippen molar-refractivity contribution < 1.29 is 4.74 Å². The lowest BCUT2D eigenvalue weighted by atomic mass is 9.95. The first-order valence-corrected chi connectivity index (χ1v) is 7.63. The third-order valence-electron chi connectivity index (χ3n) is 3.75. The fourth-order valence-corrected chi connectivity index (χ4v) is 2.95. The first kappa shape index (κ1) is 13.9. The third-order valence-corrected chi connectivity index (χ3v) is 4.18. The van der Waals surface area contributed by atoms with E-state index in [4.69, 9.17) is 16.3 Å². The summed E-state index contributed by atoms with van der Waals surface area (Å²) < 4.78 is 5.65. The van der Waals surface area contributed by atoms with Crippen molar-refractivity contribution >= 4 is 11.6 Å². The van der Waals surface area contributed by atoms with Crippen molar-refractivity contribution in [1.29, 1.82) is 0 Å². The van der Waals surface area contributed by atoms with Crippen LogP contribution in [0.25, 0.3) is 0 Å². The smallest absolute Gasteiger partial charge is 0.0576 e. The van der Waals surface area contributed by atoms with E-state index in [0.29, 0.717) is 12.0 Å². The molecule has 100 valence electrons. The fraction of sp³-hybridized carbons (Fsp3) is 0.625. The molecule has 1 aromatic rings. The van der Waals surface area contributed by atoms with Gasteiger partial charge in [0.25, 0.3) is 0 Å². The molecular formula is C16H23ClO. The number of halogens is 1. The van der Waals surface area contributed by atoms with Gasteiger partial charge in [-0.15, -0.1) is 11.6 Å². The highest BCUT2D eigenvalue weighted by Gasteiger charge is 2.16. The average Bonchev–Trinajstić information content (AvgIpc) is 2.92. The molecule has 1 aromatic carbocycles. The normalized spacial score (nSPS) is 21.1. The van der Waals surface area contributed by atoms with Crippen LogP contribution in [0.4, 0.5) is 0 Å². The van der Waals surface area contributed by atoms with Gasteiger partial charge >= 0.3 is 0 Å². The molecule has 0 amide bonds. The van der Waals surface area contributed by atoms with Gasteiger partial charge in [0.05, 0.1) is 6.10 Å². The molecule has 0 spiro atoms. The molecule has 1 aliphatic heterocycles. The molecule has 2 atom stereocenters. The Morgan fingerprint density at radius 1 is 1.28 bits per heavy atom. The summed E-state index contributed by atoms with van der Waals surface area (Å²) in [6.07, 6.45) is 7.81. The highest BCUT2D eigenvalue weighted by Crippen LogP contribution is 2.21. The van der Waals surface area contributed by atoms with Crippen molar-refractivity contribution in [2.45, 2.75) is 44.6 Å². The number of benzene rings is 1. The Labute approximate surface area is 115 Å². The quantitative estimate of drug-likeness (QED) is 0.663. The maximum Gasteiger partial charge on any atom is 0.0576 e. The second-order valence-electron chi connectivity index (χ2n) is 5.28. The van der Waals surface area contributed by atoms with Crippen LogP contribution in [0.3, 0.4) is 0 Å². The molecule has 1 saturated heterocycles. The van der Waals surface area contributed by atoms with Crippen LogP contribution in [-0.4, -0.2) is 18.6 Å². The molecule has 0 radical (unpaired) electrons. The molecule has 1 aliphatic rings. The van der Waals surface area contributed by atoms with Crippen LogP contribution in [0.2, 0.25) is 0 Å². The molecule has 18 heavy (non-hydrogen) atoms. The topological polar surface area (TPSA) is 9.23 Å². The molecule has 2 heteroatoms. The maximum absolute atomic E-state index is 6.08. The number of alkyl halides is 1. The van der Waals surface area contributed by atoms with Crippen LogP contribution in [-0.2, 0) is 11.2 Å². The van der Waals surface area contributed by atoms with Gasteiger partial charge in [-0.2, -0.15) is 0 Å². The van der Waals surface area contributed by atoms with Crippen LogP contribution < -0.4 is 0 Å². The van der Waals surface area contributed by atoms with Crippen molar-refractivity contribution in [2.75, 3.05) is 12.5 Å². The molecule has 0 aliphatic carbocycles. The van der Waals surface area contributed by atoms with Crippen LogP contribution in [0.15, 0.2) is 30.3 Å². The van der Waals surface area contributed by atoms with Crippen LogP contribution >= 0.6 is 11.6 Å². The van der Waals surface area contributed by atoms with Crippen LogP contribution in [0.1, 0.15) is 37.7 Å². The molecule has 2 unspecified atom stereocenters. The number of hydrogen-bond acceptors (Lipinski definition) is 1. The predicted octanol–water partition coefficient (Wildman–Crippen LogP) is 4.43. The van der Waals surface area contributed by atoms with E-state index in [9.17, 15) is 0 Å². The molecule has 1 fully saturated rings. The molecule has 0 bridgehead atoms. The Morgan fingerprint density at radius 2 is 2.11 bits per heavy atom. The van der Waals surface area contributed by atoms with Gasteiger partial charge in [-0.05, 0) is 43.6 Å². The summed E-state index contributed by atoms with van der Waals surface area (Å²) in [7, 11) is 0. The van der Waals surface area contributed by atoms with Crippen molar-refractivity contribution in [3.05, 3.63) is 35.9 Å². The van der Waals surface area contributed by atoms with E-state index >= 15 is 0 Å². The summed E-state index contributed by atoms with van der Waals surface area (Å²) in [4.78, 5) is 0. The summed E-state index contributed by atoms with van der Waals surface area (Å²) in [6, 6.07) is 10.7. The van der Waals surface area contributed by atoms with Gasteiger partial charge in [0.2, 0.25) is 0 Å². The molecule has 1 heterocycles. The number of ether oxygens (including phenoxy) is 1. The van der Waals surface area contributed by atoms with Crippen LogP contribution in [0.5, 0.6) is 0 Å². The zero-order valence-electron chi connectivity index (χ0n) is 11.0. The summed E-state index contributed by atoms with van der Waals surface area (Å²) >= 11 is 6.08. The Bertz CT molecular complexity index is 319.